The summed E-state index contributed by atoms with van der Waals surface area (Å²) in [5.41, 5.74) is -1.17. The maximum Gasteiger partial charge on any atom is 0.460 e. The molecule has 1 aromatic rings. The molecule has 1 aromatic carbocycles. The molecule has 3 aliphatic rings. The molecule has 0 unspecified atom stereocenters. The molecule has 0 aliphatic carbocycles. The molecule has 210 valence electrons. The highest BCUT2D eigenvalue weighted by Gasteiger charge is 2.77. The SMILES string of the molecule is CN(C)c1ccc(CC(B2OC(C)(C)C(C)(C)O2)(B2OC(C)(C)C(C)(C)O2)B2OC(C)(C)C(C)(C)O2)cc1. The molecule has 10 heteroatoms. The zero-order chi connectivity index (χ0) is 28.7. The predicted molar refractivity (Wildman–Crippen MR) is 155 cm³/mol. The van der Waals surface area contributed by atoms with E-state index in [2.05, 4.69) is 112 Å². The molecule has 0 spiro atoms. The van der Waals surface area contributed by atoms with E-state index in [1.807, 2.05) is 14.1 Å². The van der Waals surface area contributed by atoms with E-state index in [4.69, 9.17) is 27.9 Å². The molecular weight excluding hydrogens is 479 g/mol. The Kier molecular flexibility index (Phi) is 7.08. The molecular formula is C28H48B3NO6. The maximum atomic E-state index is 6.81. The lowest BCUT2D eigenvalue weighted by Crippen LogP contribution is -2.59. The van der Waals surface area contributed by atoms with Gasteiger partial charge in [-0.2, -0.15) is 0 Å². The Morgan fingerprint density at radius 3 is 1.03 bits per heavy atom. The largest absolute Gasteiger partial charge is 0.460 e. The Bertz CT molecular complexity index is 901. The van der Waals surface area contributed by atoms with Crippen LogP contribution in [0.3, 0.4) is 0 Å². The molecule has 3 fully saturated rings. The summed E-state index contributed by atoms with van der Waals surface area (Å²) in [6.45, 7) is 24.8. The van der Waals surface area contributed by atoms with Gasteiger partial charge in [0, 0.05) is 19.8 Å². The quantitative estimate of drug-likeness (QED) is 0.460. The summed E-state index contributed by atoms with van der Waals surface area (Å²) in [7, 11) is 1.93. The second-order valence-electron chi connectivity index (χ2n) is 14.6. The third kappa shape index (κ3) is 4.67. The summed E-state index contributed by atoms with van der Waals surface area (Å²) < 4.78 is 40.9. The van der Waals surface area contributed by atoms with E-state index in [0.29, 0.717) is 6.42 Å². The summed E-state index contributed by atoms with van der Waals surface area (Å²) in [6, 6.07) is 8.54. The van der Waals surface area contributed by atoms with Crippen molar-refractivity contribution < 1.29 is 27.9 Å². The maximum absolute atomic E-state index is 6.81. The molecule has 0 saturated carbocycles. The van der Waals surface area contributed by atoms with Crippen molar-refractivity contribution in [1.29, 1.82) is 0 Å². The predicted octanol–water partition coefficient (Wildman–Crippen LogP) is 5.39. The molecule has 3 heterocycles. The van der Waals surface area contributed by atoms with E-state index in [-0.39, 0.29) is 0 Å². The molecule has 3 saturated heterocycles. The normalized spacial score (nSPS) is 26.7. The minimum Gasteiger partial charge on any atom is -0.403 e. The van der Waals surface area contributed by atoms with E-state index in [1.54, 1.807) is 0 Å². The standard InChI is InChI=1S/C28H48B3NO6/c1-22(2)23(3,4)34-29(33-22)28(30-35-24(5,6)25(7,8)36-30,31-37-26(9,10)27(11,12)38-31)19-20-15-17-21(18-16-20)32(13)14/h15-18H,19H2,1-14H3. The lowest BCUT2D eigenvalue weighted by atomic mass is 9.23. The van der Waals surface area contributed by atoms with Gasteiger partial charge in [0.25, 0.3) is 0 Å². The number of anilines is 1. The van der Waals surface area contributed by atoms with Crippen molar-refractivity contribution in [3.8, 4) is 0 Å². The molecule has 7 nitrogen and oxygen atoms in total. The van der Waals surface area contributed by atoms with Gasteiger partial charge in [0.1, 0.15) is 0 Å². The van der Waals surface area contributed by atoms with Crippen molar-refractivity contribution in [2.45, 2.75) is 128 Å². The topological polar surface area (TPSA) is 58.6 Å². The molecule has 0 aromatic heterocycles. The van der Waals surface area contributed by atoms with Gasteiger partial charge in [-0.25, -0.2) is 0 Å². The van der Waals surface area contributed by atoms with Crippen molar-refractivity contribution in [3.63, 3.8) is 0 Å². The van der Waals surface area contributed by atoms with E-state index in [9.17, 15) is 0 Å². The smallest absolute Gasteiger partial charge is 0.403 e. The number of hydrogen-bond donors (Lipinski definition) is 0. The second kappa shape index (κ2) is 8.99. The number of rotatable bonds is 6. The van der Waals surface area contributed by atoms with Gasteiger partial charge in [-0.3, -0.25) is 0 Å². The summed E-state index contributed by atoms with van der Waals surface area (Å²) in [5.74, 6) is 0. The van der Waals surface area contributed by atoms with Crippen LogP contribution in [0.5, 0.6) is 0 Å². The van der Waals surface area contributed by atoms with Gasteiger partial charge in [-0.15, -0.1) is 0 Å². The molecule has 0 radical (unpaired) electrons. The van der Waals surface area contributed by atoms with Gasteiger partial charge in [0.15, 0.2) is 0 Å². The average Bonchev–Trinajstić information content (AvgIpc) is 3.21. The summed E-state index contributed by atoms with van der Waals surface area (Å²) in [5, 5.41) is -0.985. The minimum absolute atomic E-state index is 0.505. The lowest BCUT2D eigenvalue weighted by Gasteiger charge is -2.38. The van der Waals surface area contributed by atoms with Gasteiger partial charge >= 0.3 is 21.4 Å². The lowest BCUT2D eigenvalue weighted by molar-refractivity contribution is 0.00578. The first-order valence-corrected chi connectivity index (χ1v) is 13.9. The van der Waals surface area contributed by atoms with E-state index in [0.717, 1.165) is 11.3 Å². The van der Waals surface area contributed by atoms with Crippen LogP contribution < -0.4 is 4.90 Å². The van der Waals surface area contributed by atoms with E-state index < -0.39 is 60.1 Å². The van der Waals surface area contributed by atoms with E-state index in [1.165, 1.54) is 0 Å². The van der Waals surface area contributed by atoms with Gasteiger partial charge < -0.3 is 32.8 Å². The fourth-order valence-corrected chi connectivity index (χ4v) is 5.04. The number of hydrogen-bond acceptors (Lipinski definition) is 7. The third-order valence-corrected chi connectivity index (χ3v) is 10.0. The number of benzene rings is 1. The molecule has 4 rings (SSSR count). The van der Waals surface area contributed by atoms with Crippen LogP contribution in [0.4, 0.5) is 5.69 Å². The highest BCUT2D eigenvalue weighted by atomic mass is 16.7. The van der Waals surface area contributed by atoms with Crippen molar-refractivity contribution in [2.75, 3.05) is 19.0 Å². The van der Waals surface area contributed by atoms with Crippen molar-refractivity contribution in [1.82, 2.24) is 0 Å². The first-order valence-electron chi connectivity index (χ1n) is 13.9. The summed E-state index contributed by atoms with van der Waals surface area (Å²) >= 11 is 0. The molecule has 3 aliphatic heterocycles. The van der Waals surface area contributed by atoms with Crippen LogP contribution in [0.2, 0.25) is 5.11 Å². The van der Waals surface area contributed by atoms with Crippen LogP contribution in [0.15, 0.2) is 24.3 Å². The minimum atomic E-state index is -0.985. The van der Waals surface area contributed by atoms with Crippen molar-refractivity contribution in [3.05, 3.63) is 29.8 Å². The summed E-state index contributed by atoms with van der Waals surface area (Å²) in [4.78, 5) is 2.09. The summed E-state index contributed by atoms with van der Waals surface area (Å²) in [6.07, 6.45) is 0.505. The van der Waals surface area contributed by atoms with Gasteiger partial charge in [-0.1, -0.05) is 12.1 Å². The fraction of sp³-hybridized carbons (Fsp3) is 0.786. The van der Waals surface area contributed by atoms with Crippen LogP contribution in [0.1, 0.15) is 88.6 Å². The Morgan fingerprint density at radius 1 is 0.526 bits per heavy atom. The fourth-order valence-electron chi connectivity index (χ4n) is 5.04. The van der Waals surface area contributed by atoms with Crippen LogP contribution in [-0.2, 0) is 34.3 Å². The van der Waals surface area contributed by atoms with Crippen LogP contribution in [0.25, 0.3) is 0 Å². The second-order valence-corrected chi connectivity index (χ2v) is 14.6. The zero-order valence-corrected chi connectivity index (χ0v) is 26.1. The van der Waals surface area contributed by atoms with Crippen LogP contribution >= 0.6 is 0 Å². The number of nitrogens with zero attached hydrogens (tertiary/aromatic N) is 1. The molecule has 0 amide bonds. The Hall–Kier alpha value is -1.03. The molecule has 38 heavy (non-hydrogen) atoms. The highest BCUT2D eigenvalue weighted by Crippen LogP contribution is 2.57. The highest BCUT2D eigenvalue weighted by molar-refractivity contribution is 6.89. The van der Waals surface area contributed by atoms with Gasteiger partial charge in [-0.05, 0) is 107 Å². The third-order valence-electron chi connectivity index (χ3n) is 10.0. The molecule has 0 N–H and O–H groups in total. The molecule has 0 bridgehead atoms. The van der Waals surface area contributed by atoms with Crippen molar-refractivity contribution >= 4 is 27.0 Å². The first kappa shape index (κ1) is 29.9. The Balaban J connectivity index is 1.91. The average molecular weight is 527 g/mol. The van der Waals surface area contributed by atoms with E-state index >= 15 is 0 Å². The van der Waals surface area contributed by atoms with Crippen LogP contribution in [0, 0.1) is 0 Å². The zero-order valence-electron chi connectivity index (χ0n) is 26.1. The van der Waals surface area contributed by atoms with Crippen molar-refractivity contribution in [2.24, 2.45) is 0 Å². The molecule has 0 atom stereocenters. The Morgan fingerprint density at radius 2 is 0.789 bits per heavy atom. The Labute approximate surface area is 232 Å². The first-order chi connectivity index (χ1) is 17.1. The van der Waals surface area contributed by atoms with Gasteiger partial charge in [0.2, 0.25) is 0 Å². The van der Waals surface area contributed by atoms with Crippen LogP contribution in [-0.4, -0.2) is 69.1 Å². The monoisotopic (exact) mass is 527 g/mol. The van der Waals surface area contributed by atoms with Gasteiger partial charge in [0.05, 0.1) is 38.7 Å².